The number of rotatable bonds is 4. The Morgan fingerprint density at radius 1 is 1.04 bits per heavy atom. The van der Waals surface area contributed by atoms with E-state index >= 15 is 0 Å². The third-order valence-electron chi connectivity index (χ3n) is 3.52. The quantitative estimate of drug-likeness (QED) is 0.698. The molecule has 116 valence electrons. The molecule has 3 rings (SSSR count). The first-order chi connectivity index (χ1) is 11.1. The van der Waals surface area contributed by atoms with Gasteiger partial charge in [-0.15, -0.1) is 0 Å². The summed E-state index contributed by atoms with van der Waals surface area (Å²) < 4.78 is 1.09. The van der Waals surface area contributed by atoms with Gasteiger partial charge in [0.05, 0.1) is 0 Å². The third kappa shape index (κ3) is 3.68. The fraction of sp³-hybridized carbons (Fsp3) is 0.111. The van der Waals surface area contributed by atoms with Gasteiger partial charge in [0.25, 0.3) is 0 Å². The van der Waals surface area contributed by atoms with Gasteiger partial charge in [0.15, 0.2) is 0 Å². The Morgan fingerprint density at radius 3 is 2.57 bits per heavy atom. The maximum absolute atomic E-state index is 4.59. The summed E-state index contributed by atoms with van der Waals surface area (Å²) in [6.45, 7) is 2.06. The standard InChI is InChI=1S/C18H17BrN4/c1-13-12-14(8-9-16(13)19)21-17-10-11-20-18(22-17)23(2)15-6-4-3-5-7-15/h3-12H,1-2H3,(H,20,21,22). The summed E-state index contributed by atoms with van der Waals surface area (Å²) in [6.07, 6.45) is 1.76. The van der Waals surface area contributed by atoms with Crippen molar-refractivity contribution >= 4 is 39.1 Å². The molecule has 1 N–H and O–H groups in total. The molecule has 0 bridgehead atoms. The molecule has 0 saturated heterocycles. The minimum atomic E-state index is 0.648. The summed E-state index contributed by atoms with van der Waals surface area (Å²) in [5, 5.41) is 3.32. The van der Waals surface area contributed by atoms with Crippen LogP contribution in [0.15, 0.2) is 65.3 Å². The number of aryl methyl sites for hydroxylation is 1. The Morgan fingerprint density at radius 2 is 1.83 bits per heavy atom. The van der Waals surface area contributed by atoms with E-state index in [9.17, 15) is 0 Å². The number of para-hydroxylation sites is 1. The summed E-state index contributed by atoms with van der Waals surface area (Å²) in [5.74, 6) is 1.41. The van der Waals surface area contributed by atoms with E-state index in [0.29, 0.717) is 5.95 Å². The molecule has 4 nitrogen and oxygen atoms in total. The molecule has 0 aliphatic rings. The highest BCUT2D eigenvalue weighted by Crippen LogP contribution is 2.24. The molecule has 0 saturated carbocycles. The van der Waals surface area contributed by atoms with Crippen molar-refractivity contribution in [3.8, 4) is 0 Å². The Hall–Kier alpha value is -2.40. The van der Waals surface area contributed by atoms with Gasteiger partial charge in [-0.25, -0.2) is 4.98 Å². The van der Waals surface area contributed by atoms with Crippen LogP contribution in [0, 0.1) is 6.92 Å². The van der Waals surface area contributed by atoms with Gasteiger partial charge in [0, 0.05) is 29.1 Å². The third-order valence-corrected chi connectivity index (χ3v) is 4.41. The van der Waals surface area contributed by atoms with Gasteiger partial charge in [-0.1, -0.05) is 34.1 Å². The predicted molar refractivity (Wildman–Crippen MR) is 98.7 cm³/mol. The van der Waals surface area contributed by atoms with Gasteiger partial charge < -0.3 is 10.2 Å². The first kappa shape index (κ1) is 15.5. The van der Waals surface area contributed by atoms with Gasteiger partial charge in [-0.3, -0.25) is 0 Å². The number of nitrogens with one attached hydrogen (secondary N) is 1. The molecule has 3 aromatic rings. The lowest BCUT2D eigenvalue weighted by atomic mass is 10.2. The highest BCUT2D eigenvalue weighted by molar-refractivity contribution is 9.10. The zero-order chi connectivity index (χ0) is 16.2. The lowest BCUT2D eigenvalue weighted by Crippen LogP contribution is -2.13. The number of hydrogen-bond acceptors (Lipinski definition) is 4. The van der Waals surface area contributed by atoms with Crippen molar-refractivity contribution in [2.24, 2.45) is 0 Å². The van der Waals surface area contributed by atoms with Gasteiger partial charge in [0.2, 0.25) is 5.95 Å². The molecule has 0 fully saturated rings. The zero-order valence-electron chi connectivity index (χ0n) is 13.0. The van der Waals surface area contributed by atoms with E-state index in [1.165, 1.54) is 5.56 Å². The summed E-state index contributed by atoms with van der Waals surface area (Å²) >= 11 is 3.51. The molecule has 0 radical (unpaired) electrons. The Balaban J connectivity index is 1.83. The van der Waals surface area contributed by atoms with E-state index in [1.807, 2.05) is 60.5 Å². The number of benzene rings is 2. The molecule has 0 unspecified atom stereocenters. The van der Waals surface area contributed by atoms with Gasteiger partial charge in [0.1, 0.15) is 5.82 Å². The van der Waals surface area contributed by atoms with Crippen molar-refractivity contribution in [1.82, 2.24) is 9.97 Å². The molecule has 0 spiro atoms. The van der Waals surface area contributed by atoms with Crippen molar-refractivity contribution in [2.45, 2.75) is 6.92 Å². The first-order valence-electron chi connectivity index (χ1n) is 7.28. The van der Waals surface area contributed by atoms with E-state index in [1.54, 1.807) is 6.20 Å². The van der Waals surface area contributed by atoms with Gasteiger partial charge >= 0.3 is 0 Å². The lowest BCUT2D eigenvalue weighted by molar-refractivity contribution is 1.04. The van der Waals surface area contributed by atoms with Crippen LogP contribution in [0.5, 0.6) is 0 Å². The Labute approximate surface area is 144 Å². The van der Waals surface area contributed by atoms with E-state index < -0.39 is 0 Å². The second-order valence-electron chi connectivity index (χ2n) is 5.23. The average Bonchev–Trinajstić information content (AvgIpc) is 2.58. The maximum Gasteiger partial charge on any atom is 0.231 e. The number of halogens is 1. The molecule has 1 heterocycles. The monoisotopic (exact) mass is 368 g/mol. The smallest absolute Gasteiger partial charge is 0.231 e. The highest BCUT2D eigenvalue weighted by Gasteiger charge is 2.07. The summed E-state index contributed by atoms with van der Waals surface area (Å²) in [4.78, 5) is 10.9. The van der Waals surface area contributed by atoms with E-state index in [-0.39, 0.29) is 0 Å². The van der Waals surface area contributed by atoms with Crippen LogP contribution in [0.25, 0.3) is 0 Å². The Kier molecular flexibility index (Phi) is 4.57. The SMILES string of the molecule is Cc1cc(Nc2ccnc(N(C)c3ccccc3)n2)ccc1Br. The van der Waals surface area contributed by atoms with Crippen molar-refractivity contribution < 1.29 is 0 Å². The van der Waals surface area contributed by atoms with Crippen LogP contribution < -0.4 is 10.2 Å². The fourth-order valence-electron chi connectivity index (χ4n) is 2.22. The minimum absolute atomic E-state index is 0.648. The highest BCUT2D eigenvalue weighted by atomic mass is 79.9. The van der Waals surface area contributed by atoms with Gasteiger partial charge in [-0.2, -0.15) is 4.98 Å². The van der Waals surface area contributed by atoms with Crippen molar-refractivity contribution in [2.75, 3.05) is 17.3 Å². The Bertz CT molecular complexity index is 805. The van der Waals surface area contributed by atoms with Crippen LogP contribution in [-0.4, -0.2) is 17.0 Å². The molecule has 0 atom stereocenters. The molecule has 0 aliphatic carbocycles. The summed E-state index contributed by atoms with van der Waals surface area (Å²) in [6, 6.07) is 18.0. The number of anilines is 4. The van der Waals surface area contributed by atoms with Crippen molar-refractivity contribution in [3.63, 3.8) is 0 Å². The van der Waals surface area contributed by atoms with Crippen molar-refractivity contribution in [3.05, 3.63) is 70.8 Å². The summed E-state index contributed by atoms with van der Waals surface area (Å²) in [7, 11) is 1.96. The van der Waals surface area contributed by atoms with Crippen LogP contribution >= 0.6 is 15.9 Å². The van der Waals surface area contributed by atoms with E-state index in [4.69, 9.17) is 0 Å². The zero-order valence-corrected chi connectivity index (χ0v) is 14.6. The van der Waals surface area contributed by atoms with Crippen LogP contribution in [0.3, 0.4) is 0 Å². The summed E-state index contributed by atoms with van der Waals surface area (Å²) in [5.41, 5.74) is 3.22. The van der Waals surface area contributed by atoms with E-state index in [2.05, 4.69) is 44.2 Å². The second-order valence-corrected chi connectivity index (χ2v) is 6.08. The molecule has 0 aliphatic heterocycles. The molecule has 5 heteroatoms. The molecule has 1 aromatic heterocycles. The van der Waals surface area contributed by atoms with Gasteiger partial charge in [-0.05, 0) is 48.9 Å². The van der Waals surface area contributed by atoms with Crippen LogP contribution in [0.4, 0.5) is 23.1 Å². The normalized spacial score (nSPS) is 10.4. The second kappa shape index (κ2) is 6.79. The van der Waals surface area contributed by atoms with E-state index in [0.717, 1.165) is 21.7 Å². The number of aromatic nitrogens is 2. The number of nitrogens with zero attached hydrogens (tertiary/aromatic N) is 3. The fourth-order valence-corrected chi connectivity index (χ4v) is 2.46. The number of hydrogen-bond donors (Lipinski definition) is 1. The lowest BCUT2D eigenvalue weighted by Gasteiger charge is -2.17. The van der Waals surface area contributed by atoms with Crippen LogP contribution in [-0.2, 0) is 0 Å². The molecule has 2 aromatic carbocycles. The molecule has 23 heavy (non-hydrogen) atoms. The molecular formula is C18H17BrN4. The van der Waals surface area contributed by atoms with Crippen LogP contribution in [0.2, 0.25) is 0 Å². The molecular weight excluding hydrogens is 352 g/mol. The predicted octanol–water partition coefficient (Wildman–Crippen LogP) is 5.06. The average molecular weight is 369 g/mol. The molecule has 0 amide bonds. The minimum Gasteiger partial charge on any atom is -0.340 e. The maximum atomic E-state index is 4.59. The first-order valence-corrected chi connectivity index (χ1v) is 8.08. The topological polar surface area (TPSA) is 41.1 Å². The van der Waals surface area contributed by atoms with Crippen molar-refractivity contribution in [1.29, 1.82) is 0 Å². The largest absolute Gasteiger partial charge is 0.340 e. The van der Waals surface area contributed by atoms with Crippen LogP contribution in [0.1, 0.15) is 5.56 Å².